The molecule has 3 heterocycles. The SMILES string of the molecule is CCOC(=O)C1=C2c3ccccc3C=CN2[C@@]2(C(=O)OCC)CC(C)=C(C)C[P+]12C. The standard InChI is InChI=1S/C24H29NO4P/c1-6-28-22(26)21-20-19-11-9-8-10-18(19)12-13-25(20)24(23(27)29-7-2)14-16(3)17(4)15-30(21,24)5/h8-13H,6-7,14-15H2,1-5H3/q+1/t24-,30?/m0/s1. The Bertz CT molecular complexity index is 1020. The average molecular weight is 426 g/mol. The first kappa shape index (κ1) is 20.9. The Kier molecular flexibility index (Phi) is 5.14. The Morgan fingerprint density at radius 3 is 2.50 bits per heavy atom. The van der Waals surface area contributed by atoms with E-state index in [1.165, 1.54) is 11.1 Å². The maximum absolute atomic E-state index is 13.7. The second kappa shape index (κ2) is 7.39. The zero-order valence-electron chi connectivity index (χ0n) is 18.3. The number of benzene rings is 1. The van der Waals surface area contributed by atoms with Crippen molar-refractivity contribution in [2.24, 2.45) is 0 Å². The zero-order chi connectivity index (χ0) is 21.7. The van der Waals surface area contributed by atoms with Gasteiger partial charge in [0.1, 0.15) is 5.70 Å². The third kappa shape index (κ3) is 2.64. The van der Waals surface area contributed by atoms with Crippen molar-refractivity contribution in [1.82, 2.24) is 4.90 Å². The molecular weight excluding hydrogens is 397 g/mol. The summed E-state index contributed by atoms with van der Waals surface area (Å²) in [5, 5.41) is -0.227. The lowest BCUT2D eigenvalue weighted by Crippen LogP contribution is -2.53. The lowest BCUT2D eigenvalue weighted by atomic mass is 9.95. The van der Waals surface area contributed by atoms with Crippen LogP contribution in [0.25, 0.3) is 11.8 Å². The molecule has 0 amide bonds. The molecule has 0 fully saturated rings. The summed E-state index contributed by atoms with van der Waals surface area (Å²) < 4.78 is 11.2. The molecule has 3 aliphatic heterocycles. The predicted octanol–water partition coefficient (Wildman–Crippen LogP) is 4.87. The molecule has 0 saturated heterocycles. The van der Waals surface area contributed by atoms with Crippen LogP contribution in [-0.4, -0.2) is 48.2 Å². The molecule has 0 saturated carbocycles. The number of allylic oxidation sites excluding steroid dienone is 1. The summed E-state index contributed by atoms with van der Waals surface area (Å²) in [6.45, 7) is 10.6. The molecule has 5 nitrogen and oxygen atoms in total. The van der Waals surface area contributed by atoms with Crippen molar-refractivity contribution in [3.8, 4) is 0 Å². The number of ether oxygens (including phenoxy) is 2. The van der Waals surface area contributed by atoms with Crippen molar-refractivity contribution in [1.29, 1.82) is 0 Å². The molecule has 0 radical (unpaired) electrons. The normalized spacial score (nSPS) is 26.9. The van der Waals surface area contributed by atoms with Crippen LogP contribution >= 0.6 is 7.26 Å². The van der Waals surface area contributed by atoms with Crippen LogP contribution in [0.4, 0.5) is 0 Å². The highest BCUT2D eigenvalue weighted by Gasteiger charge is 2.75. The van der Waals surface area contributed by atoms with Gasteiger partial charge in [0.25, 0.3) is 5.28 Å². The molecule has 0 aromatic heterocycles. The fourth-order valence-electron chi connectivity index (χ4n) is 5.14. The minimum absolute atomic E-state index is 0.242. The lowest BCUT2D eigenvalue weighted by Gasteiger charge is -2.44. The van der Waals surface area contributed by atoms with Gasteiger partial charge < -0.3 is 9.47 Å². The van der Waals surface area contributed by atoms with E-state index in [1.54, 1.807) is 0 Å². The van der Waals surface area contributed by atoms with Crippen molar-refractivity contribution < 1.29 is 19.1 Å². The zero-order valence-corrected chi connectivity index (χ0v) is 19.2. The summed E-state index contributed by atoms with van der Waals surface area (Å²) >= 11 is 0. The summed E-state index contributed by atoms with van der Waals surface area (Å²) in [5.41, 5.74) is 5.27. The maximum Gasteiger partial charge on any atom is 0.376 e. The Labute approximate surface area is 178 Å². The Hall–Kier alpha value is -2.39. The number of fused-ring (bicyclic) bond motifs is 5. The fourth-order valence-corrected chi connectivity index (χ4v) is 10.0. The van der Waals surface area contributed by atoms with Gasteiger partial charge in [-0.2, -0.15) is 0 Å². The molecule has 3 aliphatic rings. The van der Waals surface area contributed by atoms with E-state index in [1.807, 2.05) is 55.3 Å². The van der Waals surface area contributed by atoms with Gasteiger partial charge in [-0.3, -0.25) is 4.90 Å². The summed E-state index contributed by atoms with van der Waals surface area (Å²) in [5.74, 6) is -0.550. The van der Waals surface area contributed by atoms with E-state index in [0.717, 1.165) is 16.8 Å². The minimum atomic E-state index is -2.34. The summed E-state index contributed by atoms with van der Waals surface area (Å²) in [6, 6.07) is 8.02. The third-order valence-electron chi connectivity index (χ3n) is 6.66. The van der Waals surface area contributed by atoms with E-state index in [4.69, 9.17) is 9.47 Å². The summed E-state index contributed by atoms with van der Waals surface area (Å²) in [6.07, 6.45) is 5.26. The van der Waals surface area contributed by atoms with Gasteiger partial charge in [-0.25, -0.2) is 9.59 Å². The summed E-state index contributed by atoms with van der Waals surface area (Å²) in [7, 11) is -2.34. The molecule has 6 heteroatoms. The van der Waals surface area contributed by atoms with Crippen molar-refractivity contribution in [2.45, 2.75) is 39.4 Å². The number of carbonyl (C=O) groups excluding carboxylic acids is 2. The van der Waals surface area contributed by atoms with Gasteiger partial charge in [-0.05, 0) is 44.9 Å². The van der Waals surface area contributed by atoms with E-state index >= 15 is 0 Å². The molecule has 0 spiro atoms. The number of esters is 2. The monoisotopic (exact) mass is 426 g/mol. The number of hydrogen-bond acceptors (Lipinski definition) is 5. The van der Waals surface area contributed by atoms with E-state index in [-0.39, 0.29) is 11.9 Å². The summed E-state index contributed by atoms with van der Waals surface area (Å²) in [4.78, 5) is 29.1. The van der Waals surface area contributed by atoms with Crippen LogP contribution in [0, 0.1) is 0 Å². The van der Waals surface area contributed by atoms with Gasteiger partial charge >= 0.3 is 11.9 Å². The Morgan fingerprint density at radius 2 is 1.80 bits per heavy atom. The lowest BCUT2D eigenvalue weighted by molar-refractivity contribution is -0.149. The van der Waals surface area contributed by atoms with Crippen LogP contribution in [0.2, 0.25) is 0 Å². The van der Waals surface area contributed by atoms with Crippen LogP contribution in [0.5, 0.6) is 0 Å². The molecule has 1 aromatic carbocycles. The first-order valence-corrected chi connectivity index (χ1v) is 12.9. The first-order valence-electron chi connectivity index (χ1n) is 10.5. The van der Waals surface area contributed by atoms with Crippen LogP contribution in [0.1, 0.15) is 45.2 Å². The molecule has 0 bridgehead atoms. The predicted molar refractivity (Wildman–Crippen MR) is 121 cm³/mol. The number of nitrogens with zero attached hydrogens (tertiary/aromatic N) is 1. The largest absolute Gasteiger partial charge is 0.461 e. The van der Waals surface area contributed by atoms with Crippen LogP contribution in [-0.2, 0) is 19.1 Å². The molecule has 30 heavy (non-hydrogen) atoms. The maximum atomic E-state index is 13.7. The van der Waals surface area contributed by atoms with Gasteiger partial charge in [0, 0.05) is 18.2 Å². The number of hydrogen-bond donors (Lipinski definition) is 0. The highest BCUT2D eigenvalue weighted by atomic mass is 31.2. The quantitative estimate of drug-likeness (QED) is 0.391. The minimum Gasteiger partial charge on any atom is -0.461 e. The highest BCUT2D eigenvalue weighted by Crippen LogP contribution is 2.83. The van der Waals surface area contributed by atoms with Gasteiger partial charge in [0.15, 0.2) is 0 Å². The molecule has 158 valence electrons. The number of carbonyl (C=O) groups is 2. The topological polar surface area (TPSA) is 55.8 Å². The Balaban J connectivity index is 2.06. The molecule has 2 atom stereocenters. The molecule has 4 rings (SSSR count). The fraction of sp³-hybridized carbons (Fsp3) is 0.417. The van der Waals surface area contributed by atoms with E-state index in [2.05, 4.69) is 20.5 Å². The molecular formula is C24H29NO4P+. The Morgan fingerprint density at radius 1 is 1.10 bits per heavy atom. The molecule has 0 N–H and O–H groups in total. The van der Waals surface area contributed by atoms with Crippen LogP contribution in [0.15, 0.2) is 46.9 Å². The first-order chi connectivity index (χ1) is 14.3. The molecule has 1 aromatic rings. The van der Waals surface area contributed by atoms with Crippen LogP contribution in [0.3, 0.4) is 0 Å². The van der Waals surface area contributed by atoms with Crippen molar-refractivity contribution in [2.75, 3.05) is 26.0 Å². The van der Waals surface area contributed by atoms with Gasteiger partial charge in [-0.15, -0.1) is 0 Å². The average Bonchev–Trinajstić information content (AvgIpc) is 2.94. The molecule has 0 aliphatic carbocycles. The van der Waals surface area contributed by atoms with Crippen LogP contribution < -0.4 is 0 Å². The van der Waals surface area contributed by atoms with Crippen molar-refractivity contribution in [3.63, 3.8) is 0 Å². The van der Waals surface area contributed by atoms with Crippen molar-refractivity contribution >= 4 is 31.0 Å². The third-order valence-corrected chi connectivity index (χ3v) is 11.3. The highest BCUT2D eigenvalue weighted by molar-refractivity contribution is 7.83. The van der Waals surface area contributed by atoms with Gasteiger partial charge in [-0.1, -0.05) is 29.8 Å². The van der Waals surface area contributed by atoms with Gasteiger partial charge in [0.05, 0.1) is 33.3 Å². The number of rotatable bonds is 4. The van der Waals surface area contributed by atoms with E-state index < -0.39 is 12.5 Å². The van der Waals surface area contributed by atoms with E-state index in [9.17, 15) is 9.59 Å². The van der Waals surface area contributed by atoms with Gasteiger partial charge in [0.2, 0.25) is 5.31 Å². The smallest absolute Gasteiger partial charge is 0.376 e. The van der Waals surface area contributed by atoms with Crippen molar-refractivity contribution in [3.05, 3.63) is 58.1 Å². The molecule has 1 unspecified atom stereocenters. The van der Waals surface area contributed by atoms with E-state index in [0.29, 0.717) is 31.1 Å². The second-order valence-corrected chi connectivity index (χ2v) is 12.2. The second-order valence-electron chi connectivity index (χ2n) is 8.31.